The van der Waals surface area contributed by atoms with E-state index in [1.165, 1.54) is 66.7 Å². The van der Waals surface area contributed by atoms with Gasteiger partial charge in [0.2, 0.25) is 5.69 Å². The fourth-order valence-electron chi connectivity index (χ4n) is 9.66. The first-order chi connectivity index (χ1) is 25.9. The highest BCUT2D eigenvalue weighted by Crippen LogP contribution is 2.55. The minimum absolute atomic E-state index is 0.0269. The maximum atomic E-state index is 7.02. The molecule has 0 saturated heterocycles. The Morgan fingerprint density at radius 2 is 1.52 bits per heavy atom. The van der Waals surface area contributed by atoms with Gasteiger partial charge in [0.05, 0.1) is 24.8 Å². The molecule has 0 radical (unpaired) electrons. The van der Waals surface area contributed by atoms with Crippen molar-refractivity contribution >= 4 is 46.2 Å². The normalized spacial score (nSPS) is 16.2. The molecule has 4 nitrogen and oxygen atoms in total. The Bertz CT molecular complexity index is 2830. The molecule has 2 aliphatic heterocycles. The molecule has 0 N–H and O–H groups in total. The number of hydrogen-bond donors (Lipinski definition) is 0. The van der Waals surface area contributed by atoms with E-state index >= 15 is 0 Å². The van der Waals surface area contributed by atoms with Gasteiger partial charge in [0.25, 0.3) is 0 Å². The number of fused-ring (bicyclic) bond motifs is 16. The number of aromatic nitrogens is 3. The van der Waals surface area contributed by atoms with Gasteiger partial charge in [-0.1, -0.05) is 121 Å². The Hall–Kier alpha value is -5.26. The minimum Gasteiger partial charge on any atom is -0.455 e. The van der Waals surface area contributed by atoms with Crippen LogP contribution in [-0.2, 0) is 24.0 Å². The highest BCUT2D eigenvalue weighted by atomic mass is 28.3. The third-order valence-electron chi connectivity index (χ3n) is 12.0. The summed E-state index contributed by atoms with van der Waals surface area (Å²) in [6.07, 6.45) is 3.66. The molecule has 268 valence electrons. The average molecular weight is 724 g/mol. The van der Waals surface area contributed by atoms with Crippen LogP contribution in [0.5, 0.6) is 0 Å². The predicted molar refractivity (Wildman–Crippen MR) is 224 cm³/mol. The van der Waals surface area contributed by atoms with Crippen LogP contribution in [0.1, 0.15) is 62.4 Å². The maximum Gasteiger partial charge on any atom is 0.364 e. The monoisotopic (exact) mass is 723 g/mol. The molecule has 0 aliphatic carbocycles. The van der Waals surface area contributed by atoms with Gasteiger partial charge >= 0.3 is 11.5 Å². The van der Waals surface area contributed by atoms with Crippen molar-refractivity contribution in [2.24, 2.45) is 5.92 Å². The van der Waals surface area contributed by atoms with Crippen LogP contribution >= 0.6 is 0 Å². The van der Waals surface area contributed by atoms with E-state index in [0.717, 1.165) is 34.9 Å². The molecule has 5 heteroatoms. The van der Waals surface area contributed by atoms with E-state index in [4.69, 9.17) is 4.42 Å². The standard InChI is InChI=1S/C49H49N3OSi/c1-31(2)26-33-27-42-37-23-22-34(48(3,4)5)28-39(37)49(51(42)30-44(33)54(6,7)8)38-25-24-36-35-18-12-15-21-43(35)53-46(36)45(38)47-50(29-32-16-10-9-11-17-32)40-19-13-14-20-41(40)52(47)49/h9-25,27-28,30-31H,26,29H2,1-8H3/q+2. The summed E-state index contributed by atoms with van der Waals surface area (Å²) in [5, 5.41) is 3.85. The summed E-state index contributed by atoms with van der Waals surface area (Å²) >= 11 is 0. The number of nitrogens with zero attached hydrogens (tertiary/aromatic N) is 3. The largest absolute Gasteiger partial charge is 0.455 e. The second-order valence-electron chi connectivity index (χ2n) is 18.2. The van der Waals surface area contributed by atoms with E-state index in [-0.39, 0.29) is 5.41 Å². The van der Waals surface area contributed by atoms with Crippen LogP contribution < -0.4 is 14.3 Å². The van der Waals surface area contributed by atoms with E-state index in [0.29, 0.717) is 5.92 Å². The fourth-order valence-corrected chi connectivity index (χ4v) is 11.3. The molecule has 5 aromatic carbocycles. The molecule has 8 aromatic rings. The molecular weight excluding hydrogens is 675 g/mol. The molecule has 3 aromatic heterocycles. The van der Waals surface area contributed by atoms with Gasteiger partial charge in [0.1, 0.15) is 17.7 Å². The van der Waals surface area contributed by atoms with Crippen LogP contribution in [0.15, 0.2) is 126 Å². The van der Waals surface area contributed by atoms with Gasteiger partial charge in [-0.15, -0.1) is 4.57 Å². The first-order valence-corrected chi connectivity index (χ1v) is 23.1. The predicted octanol–water partition coefficient (Wildman–Crippen LogP) is 10.5. The van der Waals surface area contributed by atoms with Crippen LogP contribution in [0.3, 0.4) is 0 Å². The highest BCUT2D eigenvalue weighted by molar-refractivity contribution is 6.89. The lowest BCUT2D eigenvalue weighted by Crippen LogP contribution is -2.61. The zero-order valence-electron chi connectivity index (χ0n) is 32.8. The molecule has 0 bridgehead atoms. The molecule has 0 amide bonds. The van der Waals surface area contributed by atoms with Crippen molar-refractivity contribution < 1.29 is 13.6 Å². The molecule has 54 heavy (non-hydrogen) atoms. The lowest BCUT2D eigenvalue weighted by atomic mass is 9.82. The molecule has 10 rings (SSSR count). The molecule has 2 aliphatic rings. The van der Waals surface area contributed by atoms with E-state index in [9.17, 15) is 0 Å². The first-order valence-electron chi connectivity index (χ1n) is 19.6. The Labute approximate surface area is 319 Å². The first kappa shape index (κ1) is 33.3. The molecule has 1 unspecified atom stereocenters. The zero-order valence-corrected chi connectivity index (χ0v) is 33.8. The van der Waals surface area contributed by atoms with Crippen LogP contribution in [0.25, 0.3) is 55.6 Å². The summed E-state index contributed by atoms with van der Waals surface area (Å²) in [6.45, 7) is 20.0. The fraction of sp³-hybridized carbons (Fsp3) is 0.265. The number of rotatable bonds is 5. The number of para-hydroxylation sites is 3. The smallest absolute Gasteiger partial charge is 0.364 e. The quantitative estimate of drug-likeness (QED) is 0.128. The third kappa shape index (κ3) is 4.54. The van der Waals surface area contributed by atoms with E-state index in [1.807, 2.05) is 0 Å². The Morgan fingerprint density at radius 3 is 2.28 bits per heavy atom. The Kier molecular flexibility index (Phi) is 7.02. The molecule has 0 fully saturated rings. The third-order valence-corrected chi connectivity index (χ3v) is 14.1. The number of pyridine rings is 1. The van der Waals surface area contributed by atoms with Crippen molar-refractivity contribution in [3.05, 3.63) is 149 Å². The molecule has 5 heterocycles. The average Bonchev–Trinajstić information content (AvgIpc) is 3.84. The zero-order chi connectivity index (χ0) is 37.3. The van der Waals surface area contributed by atoms with Crippen LogP contribution in [0.2, 0.25) is 19.6 Å². The van der Waals surface area contributed by atoms with Gasteiger partial charge in [-0.05, 0) is 76.9 Å². The van der Waals surface area contributed by atoms with E-state index in [2.05, 4.69) is 189 Å². The van der Waals surface area contributed by atoms with Crippen LogP contribution in [0, 0.1) is 5.92 Å². The second-order valence-corrected chi connectivity index (χ2v) is 23.2. The van der Waals surface area contributed by atoms with Gasteiger partial charge < -0.3 is 4.42 Å². The van der Waals surface area contributed by atoms with Gasteiger partial charge in [-0.3, -0.25) is 0 Å². The second kappa shape index (κ2) is 11.4. The topological polar surface area (TPSA) is 25.8 Å². The van der Waals surface area contributed by atoms with Crippen molar-refractivity contribution in [3.8, 4) is 22.6 Å². The molecule has 1 atom stereocenters. The lowest BCUT2D eigenvalue weighted by molar-refractivity contribution is -0.734. The minimum atomic E-state index is -1.80. The number of imidazole rings is 1. The Balaban J connectivity index is 1.44. The lowest BCUT2D eigenvalue weighted by Gasteiger charge is -2.25. The van der Waals surface area contributed by atoms with Gasteiger partial charge in [0, 0.05) is 22.0 Å². The number of benzene rings is 5. The van der Waals surface area contributed by atoms with Crippen LogP contribution in [0.4, 0.5) is 0 Å². The van der Waals surface area contributed by atoms with Crippen molar-refractivity contribution in [1.29, 1.82) is 0 Å². The SMILES string of the molecule is CC(C)Cc1cc2[n+](cc1[Si](C)(C)C)C1(c3cc(C(C)(C)C)ccc3-2)c2ccc3c(oc4ccccc43)c2-c2n1c1ccccc1[n+]2Cc1ccccc1. The highest BCUT2D eigenvalue weighted by Gasteiger charge is 2.67. The summed E-state index contributed by atoms with van der Waals surface area (Å²) in [6, 6.07) is 43.1. The molecule has 1 spiro atoms. The molecule has 0 saturated carbocycles. The number of furan rings is 1. The van der Waals surface area contributed by atoms with Crippen molar-refractivity contribution in [2.75, 3.05) is 0 Å². The summed E-state index contributed by atoms with van der Waals surface area (Å²) in [5.74, 6) is 1.75. The van der Waals surface area contributed by atoms with Crippen LogP contribution in [-0.4, -0.2) is 12.6 Å². The summed E-state index contributed by atoms with van der Waals surface area (Å²) in [5.41, 5.74) is 14.1. The number of hydrogen-bond acceptors (Lipinski definition) is 1. The van der Waals surface area contributed by atoms with Crippen molar-refractivity contribution in [3.63, 3.8) is 0 Å². The Morgan fingerprint density at radius 1 is 0.778 bits per heavy atom. The van der Waals surface area contributed by atoms with Gasteiger partial charge in [-0.25, -0.2) is 4.57 Å². The summed E-state index contributed by atoms with van der Waals surface area (Å²) in [4.78, 5) is 0. The van der Waals surface area contributed by atoms with Gasteiger partial charge in [0.15, 0.2) is 22.8 Å². The molecular formula is C49H49N3OSi+2. The van der Waals surface area contributed by atoms with Gasteiger partial charge in [-0.2, -0.15) is 4.57 Å². The van der Waals surface area contributed by atoms with Crippen molar-refractivity contribution in [1.82, 2.24) is 4.57 Å². The van der Waals surface area contributed by atoms with Crippen molar-refractivity contribution in [2.45, 2.75) is 78.3 Å². The van der Waals surface area contributed by atoms with E-state index in [1.54, 1.807) is 0 Å². The maximum absolute atomic E-state index is 7.02. The summed E-state index contributed by atoms with van der Waals surface area (Å²) in [7, 11) is -1.80. The summed E-state index contributed by atoms with van der Waals surface area (Å²) < 4.78 is 15.0. The van der Waals surface area contributed by atoms with E-state index < -0.39 is 13.7 Å².